The molecule has 1 fully saturated rings. The predicted molar refractivity (Wildman–Crippen MR) is 102 cm³/mol. The van der Waals surface area contributed by atoms with Crippen molar-refractivity contribution in [2.24, 2.45) is 4.99 Å². The third-order valence-corrected chi connectivity index (χ3v) is 6.01. The molecule has 1 aliphatic rings. The standard InChI is InChI=1S/C20H21N3O2S/c21-14-16-6-8-17(9-7-16)15-22-18-10-12-20(13-11-18)26(24,25)23-19-4-2-1-3-5-19/h6-13,15,19,23H,1-5H2. The van der Waals surface area contributed by atoms with Crippen molar-refractivity contribution in [3.8, 4) is 6.07 Å². The van der Waals surface area contributed by atoms with Gasteiger partial charge < -0.3 is 0 Å². The second kappa shape index (κ2) is 8.26. The molecule has 2 aromatic carbocycles. The lowest BCUT2D eigenvalue weighted by Crippen LogP contribution is -2.36. The van der Waals surface area contributed by atoms with Crippen LogP contribution in [0.4, 0.5) is 5.69 Å². The monoisotopic (exact) mass is 367 g/mol. The number of hydrogen-bond donors (Lipinski definition) is 1. The predicted octanol–water partition coefficient (Wildman–Crippen LogP) is 3.92. The number of hydrogen-bond acceptors (Lipinski definition) is 4. The third-order valence-electron chi connectivity index (χ3n) is 4.48. The van der Waals surface area contributed by atoms with Gasteiger partial charge in [0.25, 0.3) is 0 Å². The summed E-state index contributed by atoms with van der Waals surface area (Å²) in [6, 6.07) is 15.7. The largest absolute Gasteiger partial charge is 0.256 e. The number of nitrogens with one attached hydrogen (secondary N) is 1. The van der Waals surface area contributed by atoms with E-state index in [2.05, 4.69) is 15.8 Å². The van der Waals surface area contributed by atoms with Gasteiger partial charge in [-0.25, -0.2) is 13.1 Å². The van der Waals surface area contributed by atoms with E-state index in [4.69, 9.17) is 5.26 Å². The van der Waals surface area contributed by atoms with Crippen molar-refractivity contribution in [1.82, 2.24) is 4.72 Å². The van der Waals surface area contributed by atoms with Gasteiger partial charge in [-0.15, -0.1) is 0 Å². The van der Waals surface area contributed by atoms with Gasteiger partial charge in [0, 0.05) is 12.3 Å². The summed E-state index contributed by atoms with van der Waals surface area (Å²) in [4.78, 5) is 4.61. The fourth-order valence-electron chi connectivity index (χ4n) is 3.01. The minimum atomic E-state index is -3.48. The lowest BCUT2D eigenvalue weighted by Gasteiger charge is -2.22. The fraction of sp³-hybridized carbons (Fsp3) is 0.300. The van der Waals surface area contributed by atoms with E-state index < -0.39 is 10.0 Å². The molecule has 1 N–H and O–H groups in total. The summed E-state index contributed by atoms with van der Waals surface area (Å²) >= 11 is 0. The van der Waals surface area contributed by atoms with Gasteiger partial charge in [0.1, 0.15) is 0 Å². The van der Waals surface area contributed by atoms with Crippen LogP contribution < -0.4 is 4.72 Å². The highest BCUT2D eigenvalue weighted by molar-refractivity contribution is 7.89. The average molecular weight is 367 g/mol. The Hall–Kier alpha value is -2.49. The van der Waals surface area contributed by atoms with E-state index in [0.717, 1.165) is 31.2 Å². The quantitative estimate of drug-likeness (QED) is 0.813. The first-order valence-electron chi connectivity index (χ1n) is 8.73. The minimum Gasteiger partial charge on any atom is -0.256 e. The Labute approximate surface area is 154 Å². The molecule has 0 spiro atoms. The normalized spacial score (nSPS) is 15.8. The van der Waals surface area contributed by atoms with E-state index in [-0.39, 0.29) is 10.9 Å². The van der Waals surface area contributed by atoms with Gasteiger partial charge in [-0.3, -0.25) is 4.99 Å². The van der Waals surface area contributed by atoms with Gasteiger partial charge in [0.15, 0.2) is 0 Å². The van der Waals surface area contributed by atoms with Crippen molar-refractivity contribution >= 4 is 21.9 Å². The molecule has 0 aromatic heterocycles. The average Bonchev–Trinajstić information content (AvgIpc) is 2.67. The van der Waals surface area contributed by atoms with Crippen LogP contribution in [0.15, 0.2) is 58.4 Å². The Morgan fingerprint density at radius 1 is 1.00 bits per heavy atom. The molecule has 0 bridgehead atoms. The van der Waals surface area contributed by atoms with E-state index >= 15 is 0 Å². The molecule has 0 heterocycles. The molecule has 0 unspecified atom stereocenters. The Morgan fingerprint density at radius 2 is 1.65 bits per heavy atom. The number of nitriles is 1. The molecule has 0 saturated heterocycles. The van der Waals surface area contributed by atoms with Crippen LogP contribution in [0.5, 0.6) is 0 Å². The number of benzene rings is 2. The summed E-state index contributed by atoms with van der Waals surface area (Å²) in [5, 5.41) is 8.79. The SMILES string of the molecule is N#Cc1ccc(C=Nc2ccc(S(=O)(=O)NC3CCCCC3)cc2)cc1. The molecule has 1 aliphatic carbocycles. The molecule has 3 rings (SSSR count). The van der Waals surface area contributed by atoms with E-state index in [1.807, 2.05) is 12.1 Å². The fourth-order valence-corrected chi connectivity index (χ4v) is 4.32. The summed E-state index contributed by atoms with van der Waals surface area (Å²) in [7, 11) is -3.48. The molecule has 0 amide bonds. The Morgan fingerprint density at radius 3 is 2.27 bits per heavy atom. The van der Waals surface area contributed by atoms with Crippen molar-refractivity contribution in [2.75, 3.05) is 0 Å². The maximum atomic E-state index is 12.5. The maximum absolute atomic E-state index is 12.5. The Bertz CT molecular complexity index is 905. The molecule has 0 aliphatic heterocycles. The number of aliphatic imine (C=N–C) groups is 1. The lowest BCUT2D eigenvalue weighted by molar-refractivity contribution is 0.412. The molecular formula is C20H21N3O2S. The summed E-state index contributed by atoms with van der Waals surface area (Å²) < 4.78 is 27.8. The van der Waals surface area contributed by atoms with Crippen molar-refractivity contribution in [1.29, 1.82) is 5.26 Å². The van der Waals surface area contributed by atoms with Gasteiger partial charge in [-0.2, -0.15) is 5.26 Å². The van der Waals surface area contributed by atoms with Crippen molar-refractivity contribution in [3.63, 3.8) is 0 Å². The molecule has 134 valence electrons. The number of rotatable bonds is 5. The highest BCUT2D eigenvalue weighted by Gasteiger charge is 2.21. The summed E-state index contributed by atoms with van der Waals surface area (Å²) in [5.74, 6) is 0. The summed E-state index contributed by atoms with van der Waals surface area (Å²) in [6.45, 7) is 0. The van der Waals surface area contributed by atoms with Crippen LogP contribution in [0.3, 0.4) is 0 Å². The molecular weight excluding hydrogens is 346 g/mol. The van der Waals surface area contributed by atoms with Crippen LogP contribution in [-0.4, -0.2) is 20.7 Å². The summed E-state index contributed by atoms with van der Waals surface area (Å²) in [5.41, 5.74) is 2.15. The first-order valence-corrected chi connectivity index (χ1v) is 10.2. The number of sulfonamides is 1. The zero-order chi connectivity index (χ0) is 18.4. The second-order valence-electron chi connectivity index (χ2n) is 6.44. The Kier molecular flexibility index (Phi) is 5.82. The van der Waals surface area contributed by atoms with Gasteiger partial charge in [-0.05, 0) is 54.8 Å². The minimum absolute atomic E-state index is 0.0443. The van der Waals surface area contributed by atoms with Gasteiger partial charge >= 0.3 is 0 Å². The van der Waals surface area contributed by atoms with Gasteiger partial charge in [0.2, 0.25) is 10.0 Å². The first-order chi connectivity index (χ1) is 12.6. The van der Waals surface area contributed by atoms with Crippen LogP contribution in [-0.2, 0) is 10.0 Å². The van der Waals surface area contributed by atoms with E-state index in [0.29, 0.717) is 11.3 Å². The lowest BCUT2D eigenvalue weighted by atomic mass is 9.96. The van der Waals surface area contributed by atoms with E-state index in [9.17, 15) is 8.42 Å². The van der Waals surface area contributed by atoms with E-state index in [1.165, 1.54) is 6.42 Å². The molecule has 0 radical (unpaired) electrons. The molecule has 0 atom stereocenters. The van der Waals surface area contributed by atoms with Crippen LogP contribution >= 0.6 is 0 Å². The smallest absolute Gasteiger partial charge is 0.240 e. The molecule has 26 heavy (non-hydrogen) atoms. The zero-order valence-electron chi connectivity index (χ0n) is 14.4. The second-order valence-corrected chi connectivity index (χ2v) is 8.16. The Balaban J connectivity index is 1.67. The van der Waals surface area contributed by atoms with Gasteiger partial charge in [-0.1, -0.05) is 31.4 Å². The summed E-state index contributed by atoms with van der Waals surface area (Å²) in [6.07, 6.45) is 6.85. The van der Waals surface area contributed by atoms with Crippen molar-refractivity contribution < 1.29 is 8.42 Å². The highest BCUT2D eigenvalue weighted by Crippen LogP contribution is 2.21. The highest BCUT2D eigenvalue weighted by atomic mass is 32.2. The van der Waals surface area contributed by atoms with E-state index in [1.54, 1.807) is 42.6 Å². The molecule has 1 saturated carbocycles. The third kappa shape index (κ3) is 4.78. The first kappa shape index (κ1) is 18.3. The zero-order valence-corrected chi connectivity index (χ0v) is 15.2. The van der Waals surface area contributed by atoms with Crippen LogP contribution in [0.2, 0.25) is 0 Å². The van der Waals surface area contributed by atoms with Crippen LogP contribution in [0, 0.1) is 11.3 Å². The van der Waals surface area contributed by atoms with Crippen molar-refractivity contribution in [2.45, 2.75) is 43.0 Å². The molecule has 5 nitrogen and oxygen atoms in total. The van der Waals surface area contributed by atoms with Crippen LogP contribution in [0.1, 0.15) is 43.2 Å². The van der Waals surface area contributed by atoms with Gasteiger partial charge in [0.05, 0.1) is 22.2 Å². The molecule has 6 heteroatoms. The topological polar surface area (TPSA) is 82.3 Å². The van der Waals surface area contributed by atoms with Crippen LogP contribution in [0.25, 0.3) is 0 Å². The van der Waals surface area contributed by atoms with Crippen molar-refractivity contribution in [3.05, 3.63) is 59.7 Å². The maximum Gasteiger partial charge on any atom is 0.240 e. The number of nitrogens with zero attached hydrogens (tertiary/aromatic N) is 2. The molecule has 2 aromatic rings.